The van der Waals surface area contributed by atoms with E-state index in [2.05, 4.69) is 20.5 Å². The van der Waals surface area contributed by atoms with Crippen molar-refractivity contribution in [2.45, 2.75) is 0 Å². The first-order chi connectivity index (χ1) is 5.81. The van der Waals surface area contributed by atoms with Gasteiger partial charge < -0.3 is 5.32 Å². The average Bonchev–Trinajstić information content (AvgIpc) is 2.47. The first kappa shape index (κ1) is 7.30. The Hall–Kier alpha value is -1.36. The zero-order chi connectivity index (χ0) is 8.55. The Morgan fingerprint density at radius 1 is 1.50 bits per heavy atom. The largest absolute Gasteiger partial charge is 0.373 e. The van der Waals surface area contributed by atoms with Crippen LogP contribution in [-0.2, 0) is 0 Å². The van der Waals surface area contributed by atoms with Crippen molar-refractivity contribution < 1.29 is 0 Å². The van der Waals surface area contributed by atoms with E-state index in [0.29, 0.717) is 4.64 Å². The minimum Gasteiger partial charge on any atom is -0.373 e. The van der Waals surface area contributed by atoms with Gasteiger partial charge in [0.15, 0.2) is 0 Å². The Kier molecular flexibility index (Phi) is 1.58. The van der Waals surface area contributed by atoms with Gasteiger partial charge in [-0.3, -0.25) is 10.2 Å². The number of H-pyrrole nitrogens is 2. The molecule has 0 spiro atoms. The quantitative estimate of drug-likeness (QED) is 0.585. The summed E-state index contributed by atoms with van der Waals surface area (Å²) in [5.74, 6) is 0.827. The third-order valence-corrected chi connectivity index (χ3v) is 2.04. The summed E-state index contributed by atoms with van der Waals surface area (Å²) in [7, 11) is 1.83. The first-order valence-electron chi connectivity index (χ1n) is 3.55. The Labute approximate surface area is 74.0 Å². The van der Waals surface area contributed by atoms with Crippen LogP contribution in [-0.4, -0.2) is 22.2 Å². The lowest BCUT2D eigenvalue weighted by molar-refractivity contribution is 1.10. The van der Waals surface area contributed by atoms with E-state index in [1.165, 1.54) is 0 Å². The van der Waals surface area contributed by atoms with Gasteiger partial charge in [-0.2, -0.15) is 0 Å². The number of hydrogen-bond acceptors (Lipinski definition) is 3. The van der Waals surface area contributed by atoms with Crippen molar-refractivity contribution in [3.05, 3.63) is 16.9 Å². The number of hydrogen-bond donors (Lipinski definition) is 3. The summed E-state index contributed by atoms with van der Waals surface area (Å²) in [6, 6.07) is 1.90. The van der Waals surface area contributed by atoms with Gasteiger partial charge in [-0.25, -0.2) is 4.98 Å². The van der Waals surface area contributed by atoms with E-state index in [1.807, 2.05) is 13.1 Å². The molecule has 2 aromatic rings. The maximum atomic E-state index is 5.02. The molecule has 5 heteroatoms. The van der Waals surface area contributed by atoms with Crippen LogP contribution in [0, 0.1) is 4.64 Å². The van der Waals surface area contributed by atoms with Crippen LogP contribution in [0.2, 0.25) is 0 Å². The third kappa shape index (κ3) is 0.984. The number of fused-ring (bicyclic) bond motifs is 1. The molecule has 2 heterocycles. The molecule has 0 fully saturated rings. The fraction of sp³-hybridized carbons (Fsp3) is 0.143. The SMILES string of the molecule is CNc1cc2[nH][nH]c(=S)c2cn1. The van der Waals surface area contributed by atoms with Crippen LogP contribution in [0.4, 0.5) is 5.82 Å². The second-order valence-corrected chi connectivity index (χ2v) is 2.85. The highest BCUT2D eigenvalue weighted by atomic mass is 32.1. The van der Waals surface area contributed by atoms with Crippen molar-refractivity contribution in [2.24, 2.45) is 0 Å². The van der Waals surface area contributed by atoms with E-state index < -0.39 is 0 Å². The van der Waals surface area contributed by atoms with E-state index in [4.69, 9.17) is 12.2 Å². The second-order valence-electron chi connectivity index (χ2n) is 2.44. The molecule has 0 radical (unpaired) electrons. The molecule has 62 valence electrons. The lowest BCUT2D eigenvalue weighted by Gasteiger charge is -1.96. The lowest BCUT2D eigenvalue weighted by Crippen LogP contribution is -1.90. The lowest BCUT2D eigenvalue weighted by atomic mass is 10.3. The predicted molar refractivity (Wildman–Crippen MR) is 50.8 cm³/mol. The van der Waals surface area contributed by atoms with Gasteiger partial charge in [0.05, 0.1) is 10.9 Å². The molecular weight excluding hydrogens is 172 g/mol. The normalized spacial score (nSPS) is 10.4. The van der Waals surface area contributed by atoms with Crippen LogP contribution in [0.15, 0.2) is 12.3 Å². The summed E-state index contributed by atoms with van der Waals surface area (Å²) in [5.41, 5.74) is 0.972. The monoisotopic (exact) mass is 180 g/mol. The van der Waals surface area contributed by atoms with Gasteiger partial charge in [0.2, 0.25) is 0 Å². The van der Waals surface area contributed by atoms with Crippen LogP contribution >= 0.6 is 12.2 Å². The number of nitrogens with zero attached hydrogens (tertiary/aromatic N) is 1. The molecule has 0 aliphatic carbocycles. The standard InChI is InChI=1S/C7H8N4S/c1-8-6-2-5-4(3-9-6)7(12)11-10-5/h2-3H,1H3,(H,8,9)(H2,10,11,12). The van der Waals surface area contributed by atoms with Crippen LogP contribution < -0.4 is 5.32 Å². The summed E-state index contributed by atoms with van der Waals surface area (Å²) in [5, 5.41) is 9.70. The Morgan fingerprint density at radius 3 is 3.08 bits per heavy atom. The molecule has 12 heavy (non-hydrogen) atoms. The molecule has 0 atom stereocenters. The molecule has 3 N–H and O–H groups in total. The van der Waals surface area contributed by atoms with Crippen molar-refractivity contribution >= 4 is 28.9 Å². The van der Waals surface area contributed by atoms with Crippen LogP contribution in [0.1, 0.15) is 0 Å². The molecule has 0 saturated heterocycles. The molecule has 0 aliphatic rings. The third-order valence-electron chi connectivity index (χ3n) is 1.72. The number of nitrogens with one attached hydrogen (secondary N) is 3. The molecule has 2 rings (SSSR count). The van der Waals surface area contributed by atoms with Gasteiger partial charge in [0.1, 0.15) is 10.5 Å². The molecule has 2 aromatic heterocycles. The first-order valence-corrected chi connectivity index (χ1v) is 3.96. The van der Waals surface area contributed by atoms with Crippen molar-refractivity contribution in [1.82, 2.24) is 15.2 Å². The minimum absolute atomic E-state index is 0.695. The fourth-order valence-electron chi connectivity index (χ4n) is 1.07. The zero-order valence-electron chi connectivity index (χ0n) is 6.51. The van der Waals surface area contributed by atoms with Crippen molar-refractivity contribution in [2.75, 3.05) is 12.4 Å². The van der Waals surface area contributed by atoms with E-state index in [1.54, 1.807) is 6.20 Å². The van der Waals surface area contributed by atoms with Crippen molar-refractivity contribution in [3.8, 4) is 0 Å². The van der Waals surface area contributed by atoms with Crippen LogP contribution in [0.5, 0.6) is 0 Å². The Balaban J connectivity index is 2.77. The highest BCUT2D eigenvalue weighted by molar-refractivity contribution is 7.71. The van der Waals surface area contributed by atoms with Gasteiger partial charge in [0, 0.05) is 19.3 Å². The maximum absolute atomic E-state index is 5.02. The molecule has 0 bridgehead atoms. The predicted octanol–water partition coefficient (Wildman–Crippen LogP) is 1.66. The van der Waals surface area contributed by atoms with Gasteiger partial charge >= 0.3 is 0 Å². The minimum atomic E-state index is 0.695. The summed E-state index contributed by atoms with van der Waals surface area (Å²) in [6.07, 6.45) is 1.75. The number of anilines is 1. The summed E-state index contributed by atoms with van der Waals surface area (Å²) in [6.45, 7) is 0. The summed E-state index contributed by atoms with van der Waals surface area (Å²) in [4.78, 5) is 4.14. The van der Waals surface area contributed by atoms with Crippen LogP contribution in [0.3, 0.4) is 0 Å². The Morgan fingerprint density at radius 2 is 2.33 bits per heavy atom. The van der Waals surface area contributed by atoms with E-state index in [0.717, 1.165) is 16.7 Å². The molecule has 0 amide bonds. The smallest absolute Gasteiger partial charge is 0.128 e. The maximum Gasteiger partial charge on any atom is 0.128 e. The second kappa shape index (κ2) is 2.60. The highest BCUT2D eigenvalue weighted by Crippen LogP contribution is 2.13. The average molecular weight is 180 g/mol. The highest BCUT2D eigenvalue weighted by Gasteiger charge is 1.98. The summed E-state index contributed by atoms with van der Waals surface area (Å²) >= 11 is 5.02. The Bertz CT molecular complexity index is 456. The zero-order valence-corrected chi connectivity index (χ0v) is 7.33. The summed E-state index contributed by atoms with van der Waals surface area (Å²) < 4.78 is 0.695. The molecule has 0 aromatic carbocycles. The van der Waals surface area contributed by atoms with Gasteiger partial charge in [-0.1, -0.05) is 12.2 Å². The number of rotatable bonds is 1. The van der Waals surface area contributed by atoms with E-state index >= 15 is 0 Å². The van der Waals surface area contributed by atoms with Gasteiger partial charge in [0.25, 0.3) is 0 Å². The van der Waals surface area contributed by atoms with Crippen molar-refractivity contribution in [3.63, 3.8) is 0 Å². The van der Waals surface area contributed by atoms with Crippen molar-refractivity contribution in [1.29, 1.82) is 0 Å². The van der Waals surface area contributed by atoms with E-state index in [9.17, 15) is 0 Å². The molecule has 0 saturated carbocycles. The number of pyridine rings is 1. The topological polar surface area (TPSA) is 56.5 Å². The molecular formula is C7H8N4S. The number of aromatic amines is 2. The fourth-order valence-corrected chi connectivity index (χ4v) is 1.28. The molecule has 4 nitrogen and oxygen atoms in total. The molecule has 0 aliphatic heterocycles. The van der Waals surface area contributed by atoms with Gasteiger partial charge in [-0.05, 0) is 0 Å². The van der Waals surface area contributed by atoms with Gasteiger partial charge in [-0.15, -0.1) is 0 Å². The molecule has 0 unspecified atom stereocenters. The van der Waals surface area contributed by atoms with Crippen LogP contribution in [0.25, 0.3) is 10.9 Å². The number of aromatic nitrogens is 3. The van der Waals surface area contributed by atoms with E-state index in [-0.39, 0.29) is 0 Å².